The Morgan fingerprint density at radius 1 is 1.04 bits per heavy atom. The number of ether oxygens (including phenoxy) is 3. The number of halogens is 2. The van der Waals surface area contributed by atoms with Crippen molar-refractivity contribution in [2.24, 2.45) is 0 Å². The van der Waals surface area contributed by atoms with Crippen LogP contribution in [-0.4, -0.2) is 45.2 Å². The summed E-state index contributed by atoms with van der Waals surface area (Å²) in [5.41, 5.74) is 1.42. The van der Waals surface area contributed by atoms with Crippen LogP contribution in [-0.2, 0) is 11.3 Å². The molecule has 0 aromatic heterocycles. The number of rotatable bonds is 8. The number of nitrogens with zero attached hydrogens (tertiary/aromatic N) is 1. The third kappa shape index (κ3) is 5.22. The number of hydrogen-bond donors (Lipinski definition) is 1. The van der Waals surface area contributed by atoms with E-state index in [2.05, 4.69) is 5.32 Å². The van der Waals surface area contributed by atoms with Gasteiger partial charge < -0.3 is 19.5 Å². The second kappa shape index (κ2) is 9.87. The zero-order chi connectivity index (χ0) is 20.8. The van der Waals surface area contributed by atoms with E-state index in [9.17, 15) is 4.79 Å². The number of hydrogen-bond acceptors (Lipinski definition) is 5. The van der Waals surface area contributed by atoms with Gasteiger partial charge in [0, 0.05) is 27.8 Å². The molecular weight excluding hydrogens is 403 g/mol. The van der Waals surface area contributed by atoms with Gasteiger partial charge in [-0.15, -0.1) is 0 Å². The molecule has 6 nitrogen and oxygen atoms in total. The molecule has 0 saturated carbocycles. The summed E-state index contributed by atoms with van der Waals surface area (Å²) in [6.07, 6.45) is 0. The number of carbonyl (C=O) groups excluding carboxylic acids is 1. The second-order valence-corrected chi connectivity index (χ2v) is 7.10. The van der Waals surface area contributed by atoms with Crippen LogP contribution in [0.1, 0.15) is 12.5 Å². The van der Waals surface area contributed by atoms with Crippen LogP contribution in [0.2, 0.25) is 10.0 Å². The summed E-state index contributed by atoms with van der Waals surface area (Å²) >= 11 is 12.0. The van der Waals surface area contributed by atoms with Crippen LogP contribution in [0.25, 0.3) is 0 Å². The summed E-state index contributed by atoms with van der Waals surface area (Å²) in [5, 5.41) is 3.75. The molecule has 0 spiro atoms. The average Bonchev–Trinajstić information content (AvgIpc) is 2.65. The Balaban J connectivity index is 2.15. The topological polar surface area (TPSA) is 60.0 Å². The summed E-state index contributed by atoms with van der Waals surface area (Å²) < 4.78 is 16.2. The molecule has 0 heterocycles. The Kier molecular flexibility index (Phi) is 7.80. The summed E-state index contributed by atoms with van der Waals surface area (Å²) in [6, 6.07) is 8.18. The van der Waals surface area contributed by atoms with Gasteiger partial charge in [0.1, 0.15) is 0 Å². The summed E-state index contributed by atoms with van der Waals surface area (Å²) in [5.74, 6) is 1.49. The van der Waals surface area contributed by atoms with Gasteiger partial charge in [-0.2, -0.15) is 0 Å². The molecule has 1 unspecified atom stereocenters. The van der Waals surface area contributed by atoms with Crippen LogP contribution >= 0.6 is 23.2 Å². The molecule has 0 fully saturated rings. The van der Waals surface area contributed by atoms with Gasteiger partial charge in [-0.25, -0.2) is 0 Å². The Bertz CT molecular complexity index is 825. The summed E-state index contributed by atoms with van der Waals surface area (Å²) in [4.78, 5) is 14.5. The highest BCUT2D eigenvalue weighted by Crippen LogP contribution is 2.40. The number of benzene rings is 2. The number of nitrogens with one attached hydrogen (secondary N) is 1. The first-order valence-corrected chi connectivity index (χ1v) is 9.31. The van der Waals surface area contributed by atoms with E-state index < -0.39 is 6.04 Å². The van der Waals surface area contributed by atoms with Crippen molar-refractivity contribution in [3.8, 4) is 17.2 Å². The molecule has 0 aliphatic heterocycles. The van der Waals surface area contributed by atoms with Crippen molar-refractivity contribution in [2.75, 3.05) is 33.7 Å². The van der Waals surface area contributed by atoms with Crippen LogP contribution in [0.4, 0.5) is 5.69 Å². The Morgan fingerprint density at radius 2 is 1.64 bits per heavy atom. The minimum atomic E-state index is -0.421. The van der Waals surface area contributed by atoms with Gasteiger partial charge in [0.2, 0.25) is 11.7 Å². The van der Waals surface area contributed by atoms with E-state index in [0.29, 0.717) is 39.5 Å². The fourth-order valence-electron chi connectivity index (χ4n) is 2.77. The highest BCUT2D eigenvalue weighted by Gasteiger charge is 2.22. The van der Waals surface area contributed by atoms with Crippen LogP contribution in [0.5, 0.6) is 17.2 Å². The predicted molar refractivity (Wildman–Crippen MR) is 112 cm³/mol. The molecule has 2 aromatic rings. The minimum absolute atomic E-state index is 0.180. The molecule has 1 N–H and O–H groups in total. The number of anilines is 1. The van der Waals surface area contributed by atoms with E-state index in [0.717, 1.165) is 5.56 Å². The third-order valence-electron chi connectivity index (χ3n) is 4.38. The fourth-order valence-corrected chi connectivity index (χ4v) is 3.29. The molecule has 2 aromatic carbocycles. The molecule has 0 bridgehead atoms. The monoisotopic (exact) mass is 426 g/mol. The second-order valence-electron chi connectivity index (χ2n) is 6.23. The summed E-state index contributed by atoms with van der Waals surface area (Å²) in [6.45, 7) is 2.28. The number of likely N-dealkylation sites (N-methyl/N-ethyl adjacent to an activating group) is 1. The van der Waals surface area contributed by atoms with Crippen molar-refractivity contribution in [1.82, 2.24) is 4.90 Å². The number of methoxy groups -OCH3 is 3. The largest absolute Gasteiger partial charge is 0.493 e. The summed E-state index contributed by atoms with van der Waals surface area (Å²) in [7, 11) is 6.54. The Labute approximate surface area is 175 Å². The molecule has 1 atom stereocenters. The van der Waals surface area contributed by atoms with Crippen LogP contribution in [0.3, 0.4) is 0 Å². The number of carbonyl (C=O) groups is 1. The normalized spacial score (nSPS) is 11.9. The Hall–Kier alpha value is -2.15. The predicted octanol–water partition coefficient (Wildman–Crippen LogP) is 4.48. The molecule has 8 heteroatoms. The standard InChI is InChI=1S/C20H24Cl2N2O4/c1-12(20(25)23-16-9-14(21)8-15(22)10-16)24(2)11-13-6-7-17(26-3)19(28-5)18(13)27-4/h6-10,12H,11H2,1-5H3,(H,23,25). The fraction of sp³-hybridized carbons (Fsp3) is 0.350. The van der Waals surface area contributed by atoms with Gasteiger partial charge >= 0.3 is 0 Å². The number of amides is 1. The van der Waals surface area contributed by atoms with E-state index >= 15 is 0 Å². The SMILES string of the molecule is COc1ccc(CN(C)C(C)C(=O)Nc2cc(Cl)cc(Cl)c2)c(OC)c1OC. The zero-order valence-electron chi connectivity index (χ0n) is 16.5. The highest BCUT2D eigenvalue weighted by atomic mass is 35.5. The van der Waals surface area contributed by atoms with Crippen molar-refractivity contribution in [3.63, 3.8) is 0 Å². The zero-order valence-corrected chi connectivity index (χ0v) is 18.0. The van der Waals surface area contributed by atoms with Crippen molar-refractivity contribution in [1.29, 1.82) is 0 Å². The Morgan fingerprint density at radius 3 is 2.18 bits per heavy atom. The van der Waals surface area contributed by atoms with Gasteiger partial charge in [-0.1, -0.05) is 29.3 Å². The highest BCUT2D eigenvalue weighted by molar-refractivity contribution is 6.35. The molecule has 0 saturated heterocycles. The van der Waals surface area contributed by atoms with Gasteiger partial charge in [0.05, 0.1) is 27.4 Å². The lowest BCUT2D eigenvalue weighted by atomic mass is 10.1. The van der Waals surface area contributed by atoms with Crippen molar-refractivity contribution >= 4 is 34.8 Å². The van der Waals surface area contributed by atoms with Gasteiger partial charge in [0.25, 0.3) is 0 Å². The van der Waals surface area contributed by atoms with E-state index in [1.807, 2.05) is 31.0 Å². The molecule has 1 amide bonds. The van der Waals surface area contributed by atoms with Crippen LogP contribution in [0.15, 0.2) is 30.3 Å². The van der Waals surface area contributed by atoms with Gasteiger partial charge in [0.15, 0.2) is 11.5 Å². The maximum Gasteiger partial charge on any atom is 0.241 e. The molecular formula is C20H24Cl2N2O4. The lowest BCUT2D eigenvalue weighted by Gasteiger charge is -2.25. The van der Waals surface area contributed by atoms with E-state index in [4.69, 9.17) is 37.4 Å². The quantitative estimate of drug-likeness (QED) is 0.673. The molecule has 0 radical (unpaired) electrons. The lowest BCUT2D eigenvalue weighted by molar-refractivity contribution is -0.120. The first-order chi connectivity index (χ1) is 13.3. The maximum atomic E-state index is 12.6. The first kappa shape index (κ1) is 22.1. The van der Waals surface area contributed by atoms with E-state index in [-0.39, 0.29) is 5.91 Å². The van der Waals surface area contributed by atoms with Crippen LogP contribution in [0, 0.1) is 0 Å². The third-order valence-corrected chi connectivity index (χ3v) is 4.81. The van der Waals surface area contributed by atoms with E-state index in [1.54, 1.807) is 39.5 Å². The van der Waals surface area contributed by atoms with Gasteiger partial charge in [-0.05, 0) is 38.2 Å². The molecule has 0 aliphatic rings. The first-order valence-electron chi connectivity index (χ1n) is 8.55. The average molecular weight is 427 g/mol. The van der Waals surface area contributed by atoms with Crippen molar-refractivity contribution in [2.45, 2.75) is 19.5 Å². The molecule has 28 heavy (non-hydrogen) atoms. The van der Waals surface area contributed by atoms with Gasteiger partial charge in [-0.3, -0.25) is 9.69 Å². The minimum Gasteiger partial charge on any atom is -0.493 e. The molecule has 152 valence electrons. The lowest BCUT2D eigenvalue weighted by Crippen LogP contribution is -2.39. The maximum absolute atomic E-state index is 12.6. The smallest absolute Gasteiger partial charge is 0.241 e. The van der Waals surface area contributed by atoms with E-state index in [1.165, 1.54) is 0 Å². The molecule has 2 rings (SSSR count). The molecule has 0 aliphatic carbocycles. The van der Waals surface area contributed by atoms with Crippen molar-refractivity contribution < 1.29 is 19.0 Å². The van der Waals surface area contributed by atoms with Crippen molar-refractivity contribution in [3.05, 3.63) is 45.9 Å². The van der Waals surface area contributed by atoms with Crippen LogP contribution < -0.4 is 19.5 Å².